The fourth-order valence-corrected chi connectivity index (χ4v) is 1.61. The summed E-state index contributed by atoms with van der Waals surface area (Å²) >= 11 is 0. The molecule has 0 aliphatic rings. The fourth-order valence-electron chi connectivity index (χ4n) is 1.61. The fraction of sp³-hybridized carbons (Fsp3) is 0.154. The molecule has 5 heteroatoms. The first-order valence-electron chi connectivity index (χ1n) is 5.45. The zero-order valence-electron chi connectivity index (χ0n) is 9.59. The van der Waals surface area contributed by atoms with Crippen LogP contribution in [-0.2, 0) is 13.2 Å². The Labute approximate surface area is 104 Å². The highest BCUT2D eigenvalue weighted by Crippen LogP contribution is 2.17. The average Bonchev–Trinajstić information content (AvgIpc) is 2.84. The number of carboxylic acids is 1. The summed E-state index contributed by atoms with van der Waals surface area (Å²) in [7, 11) is 0. The van der Waals surface area contributed by atoms with Crippen molar-refractivity contribution in [2.24, 2.45) is 0 Å². The van der Waals surface area contributed by atoms with Crippen LogP contribution in [0.1, 0.15) is 21.9 Å². The topological polar surface area (TPSA) is 82.7 Å². The number of carboxylic acid groups (broad SMARTS) is 1. The van der Waals surface area contributed by atoms with Crippen LogP contribution >= 0.6 is 0 Å². The van der Waals surface area contributed by atoms with Gasteiger partial charge in [-0.1, -0.05) is 12.1 Å². The average molecular weight is 247 g/mol. The molecule has 1 heterocycles. The maximum atomic E-state index is 11.0. The largest absolute Gasteiger partial charge is 0.478 e. The van der Waals surface area contributed by atoms with E-state index < -0.39 is 5.97 Å². The number of furan rings is 1. The van der Waals surface area contributed by atoms with Crippen molar-refractivity contribution in [3.63, 3.8) is 0 Å². The Kier molecular flexibility index (Phi) is 3.64. The number of hydrogen-bond acceptors (Lipinski definition) is 4. The predicted molar refractivity (Wildman–Crippen MR) is 65.4 cm³/mol. The van der Waals surface area contributed by atoms with Crippen LogP contribution < -0.4 is 5.32 Å². The molecule has 0 aliphatic heterocycles. The van der Waals surface area contributed by atoms with E-state index in [-0.39, 0.29) is 12.2 Å². The second-order valence-corrected chi connectivity index (χ2v) is 3.73. The molecule has 5 nitrogen and oxygen atoms in total. The zero-order valence-corrected chi connectivity index (χ0v) is 9.59. The lowest BCUT2D eigenvalue weighted by Gasteiger charge is -2.07. The Morgan fingerprint density at radius 2 is 1.89 bits per heavy atom. The number of nitrogens with one attached hydrogen (secondary N) is 1. The first-order valence-corrected chi connectivity index (χ1v) is 5.45. The highest BCUT2D eigenvalue weighted by atomic mass is 16.4. The van der Waals surface area contributed by atoms with Gasteiger partial charge in [0.15, 0.2) is 0 Å². The normalized spacial score (nSPS) is 10.3. The molecule has 0 radical (unpaired) electrons. The SMILES string of the molecule is O=C(O)c1ccccc1NCc1ccc(CO)o1. The summed E-state index contributed by atoms with van der Waals surface area (Å²) in [5.74, 6) is 0.145. The van der Waals surface area contributed by atoms with Gasteiger partial charge < -0.3 is 19.9 Å². The summed E-state index contributed by atoms with van der Waals surface area (Å²) in [5, 5.41) is 20.9. The van der Waals surface area contributed by atoms with Gasteiger partial charge in [-0.3, -0.25) is 0 Å². The molecule has 1 aromatic heterocycles. The zero-order chi connectivity index (χ0) is 13.0. The van der Waals surface area contributed by atoms with Crippen molar-refractivity contribution < 1.29 is 19.4 Å². The molecule has 2 rings (SSSR count). The quantitative estimate of drug-likeness (QED) is 0.753. The van der Waals surface area contributed by atoms with E-state index >= 15 is 0 Å². The molecule has 18 heavy (non-hydrogen) atoms. The molecule has 0 saturated heterocycles. The summed E-state index contributed by atoms with van der Waals surface area (Å²) in [4.78, 5) is 11.0. The molecule has 0 fully saturated rings. The minimum Gasteiger partial charge on any atom is -0.478 e. The third-order valence-corrected chi connectivity index (χ3v) is 2.48. The number of para-hydroxylation sites is 1. The van der Waals surface area contributed by atoms with E-state index in [1.54, 1.807) is 30.3 Å². The summed E-state index contributed by atoms with van der Waals surface area (Å²) in [6.07, 6.45) is 0. The predicted octanol–water partition coefficient (Wildman–Crippen LogP) is 2.08. The first-order chi connectivity index (χ1) is 8.70. The second-order valence-electron chi connectivity index (χ2n) is 3.73. The standard InChI is InChI=1S/C13H13NO4/c15-8-10-6-5-9(18-10)7-14-12-4-2-1-3-11(12)13(16)17/h1-6,14-15H,7-8H2,(H,16,17). The molecule has 0 saturated carbocycles. The van der Waals surface area contributed by atoms with Crippen LogP contribution in [0.4, 0.5) is 5.69 Å². The maximum Gasteiger partial charge on any atom is 0.337 e. The number of benzene rings is 1. The summed E-state index contributed by atoms with van der Waals surface area (Å²) in [6, 6.07) is 10.1. The summed E-state index contributed by atoms with van der Waals surface area (Å²) in [6.45, 7) is 0.218. The van der Waals surface area contributed by atoms with Crippen LogP contribution in [0.2, 0.25) is 0 Å². The molecule has 0 atom stereocenters. The van der Waals surface area contributed by atoms with Crippen LogP contribution in [-0.4, -0.2) is 16.2 Å². The second kappa shape index (κ2) is 5.37. The molecule has 0 spiro atoms. The lowest BCUT2D eigenvalue weighted by Crippen LogP contribution is -2.05. The van der Waals surface area contributed by atoms with Gasteiger partial charge in [-0.2, -0.15) is 0 Å². The van der Waals surface area contributed by atoms with Crippen molar-refractivity contribution in [3.05, 3.63) is 53.5 Å². The van der Waals surface area contributed by atoms with Crippen LogP contribution in [0.15, 0.2) is 40.8 Å². The molecule has 0 amide bonds. The molecule has 0 aliphatic carbocycles. The smallest absolute Gasteiger partial charge is 0.337 e. The van der Waals surface area contributed by atoms with Crippen LogP contribution in [0.25, 0.3) is 0 Å². The lowest BCUT2D eigenvalue weighted by atomic mass is 10.2. The Morgan fingerprint density at radius 3 is 2.56 bits per heavy atom. The first kappa shape index (κ1) is 12.2. The number of aliphatic hydroxyl groups is 1. The highest BCUT2D eigenvalue weighted by Gasteiger charge is 2.09. The van der Waals surface area contributed by atoms with Crippen molar-refractivity contribution in [3.8, 4) is 0 Å². The van der Waals surface area contributed by atoms with Gasteiger partial charge in [0.05, 0.1) is 12.1 Å². The van der Waals surface area contributed by atoms with E-state index in [1.807, 2.05) is 0 Å². The van der Waals surface area contributed by atoms with E-state index in [4.69, 9.17) is 14.6 Å². The highest BCUT2D eigenvalue weighted by molar-refractivity contribution is 5.94. The molecule has 0 unspecified atom stereocenters. The van der Waals surface area contributed by atoms with Crippen LogP contribution in [0.5, 0.6) is 0 Å². The molecule has 94 valence electrons. The maximum absolute atomic E-state index is 11.0. The Balaban J connectivity index is 2.08. The van der Waals surface area contributed by atoms with Gasteiger partial charge in [-0.05, 0) is 24.3 Å². The Bertz CT molecular complexity index is 547. The van der Waals surface area contributed by atoms with Crippen molar-refractivity contribution in [2.45, 2.75) is 13.2 Å². The van der Waals surface area contributed by atoms with Gasteiger partial charge >= 0.3 is 5.97 Å². The van der Waals surface area contributed by atoms with Crippen molar-refractivity contribution in [2.75, 3.05) is 5.32 Å². The molecule has 0 bridgehead atoms. The summed E-state index contributed by atoms with van der Waals surface area (Å²) in [5.41, 5.74) is 0.749. The van der Waals surface area contributed by atoms with Gasteiger partial charge in [0.1, 0.15) is 18.1 Å². The van der Waals surface area contributed by atoms with E-state index in [9.17, 15) is 4.79 Å². The number of aliphatic hydroxyl groups excluding tert-OH is 1. The number of rotatable bonds is 5. The number of hydrogen-bond donors (Lipinski definition) is 3. The van der Waals surface area contributed by atoms with Gasteiger partial charge in [0.2, 0.25) is 0 Å². The number of aromatic carboxylic acids is 1. The monoisotopic (exact) mass is 247 g/mol. The van der Waals surface area contributed by atoms with Gasteiger partial charge in [-0.15, -0.1) is 0 Å². The Morgan fingerprint density at radius 1 is 1.17 bits per heavy atom. The summed E-state index contributed by atoms with van der Waals surface area (Å²) < 4.78 is 5.29. The van der Waals surface area contributed by atoms with E-state index in [2.05, 4.69) is 5.32 Å². The van der Waals surface area contributed by atoms with Gasteiger partial charge in [-0.25, -0.2) is 4.79 Å². The Hall–Kier alpha value is -2.27. The molecule has 2 aromatic rings. The lowest BCUT2D eigenvalue weighted by molar-refractivity contribution is 0.0698. The van der Waals surface area contributed by atoms with Crippen LogP contribution in [0, 0.1) is 0 Å². The number of carbonyl (C=O) groups is 1. The number of anilines is 1. The molecule has 1 aromatic carbocycles. The molecule has 3 N–H and O–H groups in total. The van der Waals surface area contributed by atoms with E-state index in [0.717, 1.165) is 0 Å². The molecular weight excluding hydrogens is 234 g/mol. The van der Waals surface area contributed by atoms with Crippen LogP contribution in [0.3, 0.4) is 0 Å². The van der Waals surface area contributed by atoms with Gasteiger partial charge in [0.25, 0.3) is 0 Å². The van der Waals surface area contributed by atoms with E-state index in [1.165, 1.54) is 6.07 Å². The molecular formula is C13H13NO4. The van der Waals surface area contributed by atoms with Crippen molar-refractivity contribution in [1.29, 1.82) is 0 Å². The van der Waals surface area contributed by atoms with Crippen molar-refractivity contribution in [1.82, 2.24) is 0 Å². The van der Waals surface area contributed by atoms with Crippen molar-refractivity contribution >= 4 is 11.7 Å². The minimum atomic E-state index is -0.978. The third kappa shape index (κ3) is 2.70. The minimum absolute atomic E-state index is 0.147. The van der Waals surface area contributed by atoms with E-state index in [0.29, 0.717) is 23.8 Å². The third-order valence-electron chi connectivity index (χ3n) is 2.48. The van der Waals surface area contributed by atoms with Gasteiger partial charge in [0, 0.05) is 5.69 Å².